The summed E-state index contributed by atoms with van der Waals surface area (Å²) in [5.41, 5.74) is 1.35. The van der Waals surface area contributed by atoms with Crippen molar-refractivity contribution in [2.24, 2.45) is 5.92 Å². The summed E-state index contributed by atoms with van der Waals surface area (Å²) in [6.45, 7) is 4.37. The second-order valence-corrected chi connectivity index (χ2v) is 9.51. The van der Waals surface area contributed by atoms with Crippen LogP contribution in [0.1, 0.15) is 36.3 Å². The van der Waals surface area contributed by atoms with Crippen molar-refractivity contribution in [2.75, 3.05) is 19.6 Å². The first kappa shape index (κ1) is 23.0. The summed E-state index contributed by atoms with van der Waals surface area (Å²) >= 11 is 0. The molecular formula is C21H28N4O5S. The van der Waals surface area contributed by atoms with Crippen LogP contribution in [0.3, 0.4) is 0 Å². The first-order valence-corrected chi connectivity index (χ1v) is 11.7. The number of hydrogen-bond donors (Lipinski definition) is 2. The third-order valence-electron chi connectivity index (χ3n) is 5.37. The first-order valence-electron chi connectivity index (χ1n) is 10.3. The second-order valence-electron chi connectivity index (χ2n) is 7.64. The lowest BCUT2D eigenvalue weighted by Gasteiger charge is -2.30. The highest BCUT2D eigenvalue weighted by Crippen LogP contribution is 2.27. The number of carbonyl (C=O) groups excluding carboxylic acids is 2. The van der Waals surface area contributed by atoms with Crippen LogP contribution in [0.2, 0.25) is 0 Å². The molecule has 0 unspecified atom stereocenters. The van der Waals surface area contributed by atoms with Crippen molar-refractivity contribution in [2.45, 2.75) is 44.6 Å². The summed E-state index contributed by atoms with van der Waals surface area (Å²) in [6.07, 6.45) is 1.04. The molecule has 2 N–H and O–H groups in total. The Bertz CT molecular complexity index is 992. The Morgan fingerprint density at radius 3 is 2.42 bits per heavy atom. The van der Waals surface area contributed by atoms with E-state index in [1.807, 2.05) is 30.3 Å². The van der Waals surface area contributed by atoms with Gasteiger partial charge in [0.25, 0.3) is 0 Å². The molecule has 10 heteroatoms. The molecule has 9 nitrogen and oxygen atoms in total. The molecule has 0 bridgehead atoms. The number of carbonyl (C=O) groups is 2. The standard InChI is InChI=1S/C21H28N4O5S/c1-15-20(16(2)30-24-15)31(28,29)25-12-9-18(10-13-25)21(27)22-11-8-19(26)23-14-17-6-4-3-5-7-17/h3-7,18H,8-14H2,1-2H3,(H,22,27)(H,23,26). The van der Waals surface area contributed by atoms with Crippen LogP contribution < -0.4 is 10.6 Å². The molecule has 0 spiro atoms. The average Bonchev–Trinajstić information content (AvgIpc) is 3.11. The average molecular weight is 449 g/mol. The summed E-state index contributed by atoms with van der Waals surface area (Å²) in [5.74, 6) is -0.291. The number of hydrogen-bond acceptors (Lipinski definition) is 6. The number of aromatic nitrogens is 1. The normalized spacial score (nSPS) is 15.5. The minimum absolute atomic E-state index is 0.108. The highest BCUT2D eigenvalue weighted by atomic mass is 32.2. The summed E-state index contributed by atoms with van der Waals surface area (Å²) in [7, 11) is -3.69. The topological polar surface area (TPSA) is 122 Å². The second kappa shape index (κ2) is 10.1. The molecule has 0 aliphatic carbocycles. The van der Waals surface area contributed by atoms with Crippen LogP contribution in [0.15, 0.2) is 39.8 Å². The quantitative estimate of drug-likeness (QED) is 0.631. The van der Waals surface area contributed by atoms with Gasteiger partial charge >= 0.3 is 0 Å². The van der Waals surface area contributed by atoms with Crippen LogP contribution >= 0.6 is 0 Å². The number of aryl methyl sites for hydroxylation is 2. The lowest BCUT2D eigenvalue weighted by Crippen LogP contribution is -2.43. The number of amides is 2. The molecule has 1 saturated heterocycles. The van der Waals surface area contributed by atoms with Crippen LogP contribution in [-0.2, 0) is 26.2 Å². The number of rotatable bonds is 8. The maximum Gasteiger partial charge on any atom is 0.248 e. The Labute approximate surface area is 182 Å². The molecule has 1 fully saturated rings. The van der Waals surface area contributed by atoms with Gasteiger partial charge < -0.3 is 15.2 Å². The predicted molar refractivity (Wildman–Crippen MR) is 113 cm³/mol. The Balaban J connectivity index is 1.40. The van der Waals surface area contributed by atoms with Gasteiger partial charge in [-0.1, -0.05) is 35.5 Å². The van der Waals surface area contributed by atoms with Crippen molar-refractivity contribution in [3.05, 3.63) is 47.3 Å². The zero-order valence-corrected chi connectivity index (χ0v) is 18.6. The van der Waals surface area contributed by atoms with E-state index in [-0.39, 0.29) is 54.4 Å². The molecule has 168 valence electrons. The van der Waals surface area contributed by atoms with Gasteiger partial charge in [-0.25, -0.2) is 8.42 Å². The molecule has 1 aliphatic heterocycles. The van der Waals surface area contributed by atoms with Gasteiger partial charge in [-0.05, 0) is 32.3 Å². The predicted octanol–water partition coefficient (Wildman–Crippen LogP) is 1.51. The lowest BCUT2D eigenvalue weighted by atomic mass is 9.97. The molecular weight excluding hydrogens is 420 g/mol. The van der Waals surface area contributed by atoms with Gasteiger partial charge in [0.05, 0.1) is 0 Å². The Kier molecular flexibility index (Phi) is 7.45. The van der Waals surface area contributed by atoms with E-state index in [2.05, 4.69) is 15.8 Å². The van der Waals surface area contributed by atoms with Gasteiger partial charge in [0.1, 0.15) is 10.6 Å². The molecule has 0 radical (unpaired) electrons. The number of nitrogens with one attached hydrogen (secondary N) is 2. The summed E-state index contributed by atoms with van der Waals surface area (Å²) in [6, 6.07) is 9.59. The van der Waals surface area contributed by atoms with E-state index in [0.717, 1.165) is 5.56 Å². The van der Waals surface area contributed by atoms with Crippen LogP contribution in [-0.4, -0.2) is 49.3 Å². The largest absolute Gasteiger partial charge is 0.360 e. The fraction of sp³-hybridized carbons (Fsp3) is 0.476. The molecule has 1 aliphatic rings. The van der Waals surface area contributed by atoms with E-state index in [1.54, 1.807) is 13.8 Å². The van der Waals surface area contributed by atoms with Crippen LogP contribution in [0, 0.1) is 19.8 Å². The molecule has 2 amide bonds. The van der Waals surface area contributed by atoms with Crippen molar-refractivity contribution in [1.29, 1.82) is 0 Å². The number of piperidine rings is 1. The smallest absolute Gasteiger partial charge is 0.248 e. The SMILES string of the molecule is Cc1noc(C)c1S(=O)(=O)N1CCC(C(=O)NCCC(=O)NCc2ccccc2)CC1. The zero-order chi connectivity index (χ0) is 22.4. The van der Waals surface area contributed by atoms with Gasteiger partial charge in [-0.2, -0.15) is 4.31 Å². The third-order valence-corrected chi connectivity index (χ3v) is 7.52. The number of sulfonamides is 1. The van der Waals surface area contributed by atoms with Gasteiger partial charge in [0.15, 0.2) is 5.76 Å². The highest BCUT2D eigenvalue weighted by Gasteiger charge is 2.35. The van der Waals surface area contributed by atoms with Crippen LogP contribution in [0.5, 0.6) is 0 Å². The fourth-order valence-electron chi connectivity index (χ4n) is 3.66. The molecule has 2 aromatic rings. The maximum absolute atomic E-state index is 12.9. The van der Waals surface area contributed by atoms with Gasteiger partial charge in [-0.15, -0.1) is 0 Å². The molecule has 3 rings (SSSR count). The molecule has 1 aromatic heterocycles. The van der Waals surface area contributed by atoms with Gasteiger partial charge in [0, 0.05) is 38.5 Å². The number of benzene rings is 1. The molecule has 31 heavy (non-hydrogen) atoms. The van der Waals surface area contributed by atoms with E-state index in [0.29, 0.717) is 25.1 Å². The van der Waals surface area contributed by atoms with E-state index < -0.39 is 10.0 Å². The Morgan fingerprint density at radius 1 is 1.13 bits per heavy atom. The molecule has 0 atom stereocenters. The third kappa shape index (κ3) is 5.71. The fourth-order valence-corrected chi connectivity index (χ4v) is 5.42. The van der Waals surface area contributed by atoms with Crippen molar-refractivity contribution in [1.82, 2.24) is 20.1 Å². The van der Waals surface area contributed by atoms with E-state index in [1.165, 1.54) is 4.31 Å². The number of nitrogens with zero attached hydrogens (tertiary/aromatic N) is 2. The van der Waals surface area contributed by atoms with Gasteiger partial charge in [0.2, 0.25) is 21.8 Å². The maximum atomic E-state index is 12.9. The van der Waals surface area contributed by atoms with E-state index >= 15 is 0 Å². The molecule has 0 saturated carbocycles. The minimum Gasteiger partial charge on any atom is -0.360 e. The van der Waals surface area contributed by atoms with E-state index in [9.17, 15) is 18.0 Å². The monoisotopic (exact) mass is 448 g/mol. The van der Waals surface area contributed by atoms with E-state index in [4.69, 9.17) is 4.52 Å². The summed E-state index contributed by atoms with van der Waals surface area (Å²) < 4.78 is 32.1. The Hall–Kier alpha value is -2.72. The first-order chi connectivity index (χ1) is 14.8. The Morgan fingerprint density at radius 2 is 1.81 bits per heavy atom. The van der Waals surface area contributed by atoms with Crippen molar-refractivity contribution >= 4 is 21.8 Å². The van der Waals surface area contributed by atoms with Crippen LogP contribution in [0.25, 0.3) is 0 Å². The summed E-state index contributed by atoms with van der Waals surface area (Å²) in [5, 5.41) is 9.33. The van der Waals surface area contributed by atoms with Gasteiger partial charge in [-0.3, -0.25) is 9.59 Å². The minimum atomic E-state index is -3.69. The highest BCUT2D eigenvalue weighted by molar-refractivity contribution is 7.89. The van der Waals surface area contributed by atoms with Crippen LogP contribution in [0.4, 0.5) is 0 Å². The van der Waals surface area contributed by atoms with Crippen molar-refractivity contribution in [3.8, 4) is 0 Å². The molecule has 2 heterocycles. The zero-order valence-electron chi connectivity index (χ0n) is 17.8. The lowest BCUT2D eigenvalue weighted by molar-refractivity contribution is -0.126. The van der Waals surface area contributed by atoms with Crippen molar-refractivity contribution in [3.63, 3.8) is 0 Å². The molecule has 1 aromatic carbocycles. The van der Waals surface area contributed by atoms with Crippen molar-refractivity contribution < 1.29 is 22.5 Å². The summed E-state index contributed by atoms with van der Waals surface area (Å²) in [4.78, 5) is 24.5.